The molecular weight excluding hydrogens is 242 g/mol. The number of nitrogens with zero attached hydrogens (tertiary/aromatic N) is 1. The van der Waals surface area contributed by atoms with Crippen LogP contribution in [0.25, 0.3) is 0 Å². The lowest BCUT2D eigenvalue weighted by atomic mass is 10.1. The van der Waals surface area contributed by atoms with Gasteiger partial charge in [0.15, 0.2) is 5.78 Å². The molecule has 1 fully saturated rings. The molecule has 1 aromatic carbocycles. The van der Waals surface area contributed by atoms with Gasteiger partial charge in [0.25, 0.3) is 0 Å². The lowest BCUT2D eigenvalue weighted by Crippen LogP contribution is -2.35. The van der Waals surface area contributed by atoms with Crippen LogP contribution in [-0.4, -0.2) is 44.0 Å². The number of piperidine rings is 1. The van der Waals surface area contributed by atoms with E-state index in [4.69, 9.17) is 9.47 Å². The first-order valence-electron chi connectivity index (χ1n) is 6.65. The number of benzene rings is 1. The number of carbonyl (C=O) groups excluding carboxylic acids is 1. The molecule has 1 aromatic rings. The van der Waals surface area contributed by atoms with E-state index in [0.717, 1.165) is 25.9 Å². The van der Waals surface area contributed by atoms with Gasteiger partial charge < -0.3 is 14.4 Å². The summed E-state index contributed by atoms with van der Waals surface area (Å²) in [7, 11) is 3.68. The van der Waals surface area contributed by atoms with Crippen LogP contribution in [0.3, 0.4) is 0 Å². The Balaban J connectivity index is 2.17. The summed E-state index contributed by atoms with van der Waals surface area (Å²) in [4.78, 5) is 14.1. The molecule has 19 heavy (non-hydrogen) atoms. The van der Waals surface area contributed by atoms with E-state index in [1.807, 2.05) is 12.1 Å². The smallest absolute Gasteiger partial charge is 0.167 e. The van der Waals surface area contributed by atoms with Gasteiger partial charge in [-0.25, -0.2) is 0 Å². The Kier molecular flexibility index (Phi) is 4.43. The van der Waals surface area contributed by atoms with Crippen molar-refractivity contribution >= 4 is 5.78 Å². The van der Waals surface area contributed by atoms with Gasteiger partial charge in [0.2, 0.25) is 0 Å². The van der Waals surface area contributed by atoms with Crippen molar-refractivity contribution in [3.8, 4) is 11.5 Å². The van der Waals surface area contributed by atoms with E-state index in [9.17, 15) is 4.79 Å². The molecule has 104 valence electrons. The summed E-state index contributed by atoms with van der Waals surface area (Å²) in [5.41, 5.74) is 0.545. The fourth-order valence-electron chi connectivity index (χ4n) is 2.41. The van der Waals surface area contributed by atoms with Crippen LogP contribution in [0.2, 0.25) is 0 Å². The number of rotatable bonds is 4. The quantitative estimate of drug-likeness (QED) is 0.782. The predicted molar refractivity (Wildman–Crippen MR) is 74.1 cm³/mol. The second-order valence-corrected chi connectivity index (χ2v) is 5.01. The Hall–Kier alpha value is -1.55. The van der Waals surface area contributed by atoms with Gasteiger partial charge in [-0.05, 0) is 38.9 Å². The van der Waals surface area contributed by atoms with Gasteiger partial charge in [-0.2, -0.15) is 0 Å². The molecule has 1 saturated heterocycles. The van der Waals surface area contributed by atoms with Crippen LogP contribution in [0.15, 0.2) is 18.2 Å². The van der Waals surface area contributed by atoms with Gasteiger partial charge in [0, 0.05) is 13.1 Å². The zero-order valence-electron chi connectivity index (χ0n) is 11.8. The third-order valence-electron chi connectivity index (χ3n) is 3.52. The summed E-state index contributed by atoms with van der Waals surface area (Å²) in [6, 6.07) is 5.49. The van der Waals surface area contributed by atoms with Crippen LogP contribution in [-0.2, 0) is 0 Å². The maximum absolute atomic E-state index is 11.8. The summed E-state index contributed by atoms with van der Waals surface area (Å²) in [5, 5.41) is 0. The van der Waals surface area contributed by atoms with Crippen LogP contribution in [0.4, 0.5) is 0 Å². The number of ether oxygens (including phenoxy) is 2. The van der Waals surface area contributed by atoms with Crippen LogP contribution < -0.4 is 9.47 Å². The summed E-state index contributed by atoms with van der Waals surface area (Å²) >= 11 is 0. The molecule has 0 aliphatic carbocycles. The number of likely N-dealkylation sites (tertiary alicyclic amines) is 1. The van der Waals surface area contributed by atoms with Crippen molar-refractivity contribution in [3.63, 3.8) is 0 Å². The number of Topliss-reactive ketones (excluding diaryl/α,β-unsaturated/α-hetero) is 1. The zero-order chi connectivity index (χ0) is 13.8. The maximum Gasteiger partial charge on any atom is 0.167 e. The molecule has 4 heteroatoms. The number of hydrogen-bond acceptors (Lipinski definition) is 4. The Morgan fingerprint density at radius 3 is 2.47 bits per heavy atom. The summed E-state index contributed by atoms with van der Waals surface area (Å²) in [6.45, 7) is 3.60. The van der Waals surface area contributed by atoms with Gasteiger partial charge in [0.1, 0.15) is 23.2 Å². The van der Waals surface area contributed by atoms with Crippen molar-refractivity contribution in [2.75, 3.05) is 27.2 Å². The van der Waals surface area contributed by atoms with Gasteiger partial charge in [-0.3, -0.25) is 4.79 Å². The van der Waals surface area contributed by atoms with Crippen molar-refractivity contribution < 1.29 is 14.3 Å². The van der Waals surface area contributed by atoms with E-state index in [2.05, 4.69) is 11.9 Å². The molecule has 0 bridgehead atoms. The van der Waals surface area contributed by atoms with Crippen molar-refractivity contribution in [2.24, 2.45) is 0 Å². The molecular formula is C15H21NO3. The Labute approximate surface area is 114 Å². The monoisotopic (exact) mass is 263 g/mol. The first-order chi connectivity index (χ1) is 9.11. The van der Waals surface area contributed by atoms with Crippen molar-refractivity contribution in [1.82, 2.24) is 4.90 Å². The molecule has 0 spiro atoms. The minimum atomic E-state index is -0.0274. The van der Waals surface area contributed by atoms with Gasteiger partial charge in [-0.1, -0.05) is 6.07 Å². The molecule has 4 nitrogen and oxygen atoms in total. The molecule has 2 rings (SSSR count). The van der Waals surface area contributed by atoms with E-state index in [1.54, 1.807) is 20.1 Å². The molecule has 0 N–H and O–H groups in total. The number of ketones is 1. The Bertz CT molecular complexity index is 451. The highest BCUT2D eigenvalue weighted by Gasteiger charge is 2.21. The Morgan fingerprint density at radius 1 is 1.26 bits per heavy atom. The first-order valence-corrected chi connectivity index (χ1v) is 6.65. The molecule has 1 heterocycles. The number of methoxy groups -OCH3 is 1. The van der Waals surface area contributed by atoms with Crippen LogP contribution in [0.1, 0.15) is 30.1 Å². The second kappa shape index (κ2) is 6.06. The standard InChI is InChI=1S/C15H21NO3/c1-11(17)15-13(18-3)5-4-6-14(15)19-12-7-9-16(2)10-8-12/h4-6,12H,7-10H2,1-3H3. The minimum absolute atomic E-state index is 0.0274. The van der Waals surface area contributed by atoms with Crippen molar-refractivity contribution in [3.05, 3.63) is 23.8 Å². The van der Waals surface area contributed by atoms with E-state index in [0.29, 0.717) is 17.1 Å². The molecule has 0 atom stereocenters. The second-order valence-electron chi connectivity index (χ2n) is 5.01. The SMILES string of the molecule is COc1cccc(OC2CCN(C)CC2)c1C(C)=O. The Morgan fingerprint density at radius 2 is 1.89 bits per heavy atom. The molecule has 0 saturated carbocycles. The topological polar surface area (TPSA) is 38.8 Å². The largest absolute Gasteiger partial charge is 0.496 e. The normalized spacial score (nSPS) is 17.2. The predicted octanol–water partition coefficient (Wildman–Crippen LogP) is 2.37. The number of carbonyl (C=O) groups is 1. The molecule has 0 aromatic heterocycles. The first kappa shape index (κ1) is 13.9. The van der Waals surface area contributed by atoms with Gasteiger partial charge in [-0.15, -0.1) is 0 Å². The summed E-state index contributed by atoms with van der Waals surface area (Å²) < 4.78 is 11.3. The van der Waals surface area contributed by atoms with E-state index >= 15 is 0 Å². The lowest BCUT2D eigenvalue weighted by molar-refractivity contribution is 0.0976. The highest BCUT2D eigenvalue weighted by molar-refractivity contribution is 5.99. The van der Waals surface area contributed by atoms with Crippen LogP contribution >= 0.6 is 0 Å². The fourth-order valence-corrected chi connectivity index (χ4v) is 2.41. The molecule has 1 aliphatic heterocycles. The summed E-state index contributed by atoms with van der Waals surface area (Å²) in [5.74, 6) is 1.19. The van der Waals surface area contributed by atoms with Crippen LogP contribution in [0, 0.1) is 0 Å². The third-order valence-corrected chi connectivity index (χ3v) is 3.52. The maximum atomic E-state index is 11.8. The van der Waals surface area contributed by atoms with E-state index < -0.39 is 0 Å². The average molecular weight is 263 g/mol. The zero-order valence-corrected chi connectivity index (χ0v) is 11.8. The third kappa shape index (κ3) is 3.26. The van der Waals surface area contributed by atoms with Crippen LogP contribution in [0.5, 0.6) is 11.5 Å². The molecule has 0 unspecified atom stereocenters. The van der Waals surface area contributed by atoms with Gasteiger partial charge in [0.05, 0.1) is 7.11 Å². The highest BCUT2D eigenvalue weighted by Crippen LogP contribution is 2.30. The molecule has 1 aliphatic rings. The summed E-state index contributed by atoms with van der Waals surface area (Å²) in [6.07, 6.45) is 2.16. The van der Waals surface area contributed by atoms with Crippen molar-refractivity contribution in [1.29, 1.82) is 0 Å². The van der Waals surface area contributed by atoms with E-state index in [-0.39, 0.29) is 11.9 Å². The number of hydrogen-bond donors (Lipinski definition) is 0. The van der Waals surface area contributed by atoms with E-state index in [1.165, 1.54) is 0 Å². The van der Waals surface area contributed by atoms with Gasteiger partial charge >= 0.3 is 0 Å². The van der Waals surface area contributed by atoms with Crippen molar-refractivity contribution in [2.45, 2.75) is 25.9 Å². The molecule has 0 radical (unpaired) electrons. The lowest BCUT2D eigenvalue weighted by Gasteiger charge is -2.29. The minimum Gasteiger partial charge on any atom is -0.496 e. The molecule has 0 amide bonds. The highest BCUT2D eigenvalue weighted by atomic mass is 16.5. The fraction of sp³-hybridized carbons (Fsp3) is 0.533. The average Bonchev–Trinajstić information content (AvgIpc) is 2.40.